The Morgan fingerprint density at radius 1 is 1.21 bits per heavy atom. The molecule has 1 aromatic rings. The van der Waals surface area contributed by atoms with Crippen molar-refractivity contribution in [2.24, 2.45) is 5.41 Å². The fourth-order valence-corrected chi connectivity index (χ4v) is 0.971. The molecular formula is C11H13ClOZn. The number of Topliss-reactive ketones (excluding diaryl/α,β-unsaturated/α-hetero) is 1. The van der Waals surface area contributed by atoms with E-state index in [4.69, 9.17) is 0 Å². The van der Waals surface area contributed by atoms with Gasteiger partial charge in [0.1, 0.15) is 5.78 Å². The quantitative estimate of drug-likeness (QED) is 0.386. The Morgan fingerprint density at radius 3 is 2.00 bits per heavy atom. The zero-order chi connectivity index (χ0) is 9.19. The third-order valence-corrected chi connectivity index (χ3v) is 1.66. The van der Waals surface area contributed by atoms with Gasteiger partial charge in [-0.25, -0.2) is 0 Å². The van der Waals surface area contributed by atoms with Gasteiger partial charge in [-0.15, -0.1) is 0 Å². The van der Waals surface area contributed by atoms with Gasteiger partial charge < -0.3 is 12.4 Å². The maximum Gasteiger partial charge on any atom is 2.00 e. The minimum atomic E-state index is -0.290. The smallest absolute Gasteiger partial charge is 1.00 e. The summed E-state index contributed by atoms with van der Waals surface area (Å²) < 4.78 is 0. The number of hydrogen-bond acceptors (Lipinski definition) is 1. The van der Waals surface area contributed by atoms with Gasteiger partial charge in [-0.05, 0) is 0 Å². The molecule has 0 aliphatic rings. The van der Waals surface area contributed by atoms with E-state index in [9.17, 15) is 4.79 Å². The van der Waals surface area contributed by atoms with Crippen LogP contribution in [0, 0.1) is 11.5 Å². The zero-order valence-electron chi connectivity index (χ0n) is 8.80. The minimum absolute atomic E-state index is 0. The molecule has 0 saturated carbocycles. The van der Waals surface area contributed by atoms with Gasteiger partial charge in [-0.3, -0.25) is 4.79 Å². The van der Waals surface area contributed by atoms with Crippen molar-refractivity contribution in [1.82, 2.24) is 0 Å². The van der Waals surface area contributed by atoms with Crippen molar-refractivity contribution in [3.8, 4) is 0 Å². The van der Waals surface area contributed by atoms with E-state index < -0.39 is 0 Å². The maximum atomic E-state index is 11.7. The molecule has 0 N–H and O–H groups in total. The molecule has 0 spiro atoms. The summed E-state index contributed by atoms with van der Waals surface area (Å²) in [7, 11) is 0. The van der Waals surface area contributed by atoms with Crippen molar-refractivity contribution in [2.45, 2.75) is 20.8 Å². The van der Waals surface area contributed by atoms with Gasteiger partial charge in [0, 0.05) is 5.41 Å². The average molecular weight is 262 g/mol. The molecule has 0 bridgehead atoms. The second kappa shape index (κ2) is 6.32. The molecule has 0 saturated heterocycles. The molecule has 14 heavy (non-hydrogen) atoms. The van der Waals surface area contributed by atoms with Crippen LogP contribution in [0.2, 0.25) is 0 Å². The second-order valence-corrected chi connectivity index (χ2v) is 3.87. The third kappa shape index (κ3) is 4.35. The number of benzene rings is 1. The predicted molar refractivity (Wildman–Crippen MR) is 49.1 cm³/mol. The molecule has 0 radical (unpaired) electrons. The van der Waals surface area contributed by atoms with Gasteiger partial charge in [0.2, 0.25) is 0 Å². The average Bonchev–Trinajstić information content (AvgIpc) is 2.03. The van der Waals surface area contributed by atoms with Crippen LogP contribution >= 0.6 is 0 Å². The summed E-state index contributed by atoms with van der Waals surface area (Å²) in [6.07, 6.45) is 0. The maximum absolute atomic E-state index is 11.7. The first-order chi connectivity index (χ1) is 5.52. The SMILES string of the molecule is CC(C)(C)C(=O)c1cc[c-]cc1.[Cl-].[Zn+2]. The summed E-state index contributed by atoms with van der Waals surface area (Å²) in [6, 6.07) is 10.0. The van der Waals surface area contributed by atoms with Gasteiger partial charge in [-0.2, -0.15) is 30.3 Å². The molecule has 0 heterocycles. The van der Waals surface area contributed by atoms with Gasteiger partial charge in [-0.1, -0.05) is 26.3 Å². The van der Waals surface area contributed by atoms with Crippen molar-refractivity contribution in [3.05, 3.63) is 35.9 Å². The Balaban J connectivity index is 0. The molecule has 1 nitrogen and oxygen atoms in total. The number of halogens is 1. The molecule has 0 fully saturated rings. The predicted octanol–water partition coefficient (Wildman–Crippen LogP) is -0.283. The van der Waals surface area contributed by atoms with E-state index in [0.29, 0.717) is 0 Å². The number of carbonyl (C=O) groups is 1. The molecule has 72 valence electrons. The van der Waals surface area contributed by atoms with Crippen LogP contribution in [0.3, 0.4) is 0 Å². The first-order valence-corrected chi connectivity index (χ1v) is 4.03. The molecule has 0 atom stereocenters. The third-order valence-electron chi connectivity index (χ3n) is 1.66. The van der Waals surface area contributed by atoms with Gasteiger partial charge in [0.25, 0.3) is 0 Å². The van der Waals surface area contributed by atoms with Crippen molar-refractivity contribution in [2.75, 3.05) is 0 Å². The molecule has 0 aliphatic carbocycles. The Morgan fingerprint density at radius 2 is 1.64 bits per heavy atom. The van der Waals surface area contributed by atoms with E-state index in [2.05, 4.69) is 6.07 Å². The normalized spacial score (nSPS) is 9.64. The Hall–Kier alpha value is -0.197. The Labute approximate surface area is 104 Å². The van der Waals surface area contributed by atoms with Crippen LogP contribution < -0.4 is 12.4 Å². The topological polar surface area (TPSA) is 17.1 Å². The fourth-order valence-electron chi connectivity index (χ4n) is 0.971. The van der Waals surface area contributed by atoms with E-state index in [1.807, 2.05) is 20.8 Å². The number of carbonyl (C=O) groups excluding carboxylic acids is 1. The first kappa shape index (κ1) is 16.2. The van der Waals surface area contributed by atoms with E-state index in [0.717, 1.165) is 5.56 Å². The number of rotatable bonds is 1. The van der Waals surface area contributed by atoms with Crippen LogP contribution in [0.25, 0.3) is 0 Å². The van der Waals surface area contributed by atoms with Crippen LogP contribution in [-0.2, 0) is 19.5 Å². The standard InChI is InChI=1S/C11H13O.ClH.Zn/c1-11(2,3)10(12)9-7-5-4-6-8-9;;/h5-8H,1-3H3;1H;/q-1;;+2/p-1. The molecule has 0 unspecified atom stereocenters. The summed E-state index contributed by atoms with van der Waals surface area (Å²) in [5, 5.41) is 0. The minimum Gasteiger partial charge on any atom is -1.00 e. The number of ketones is 1. The summed E-state index contributed by atoms with van der Waals surface area (Å²) in [4.78, 5) is 11.7. The van der Waals surface area contributed by atoms with Gasteiger partial charge >= 0.3 is 19.5 Å². The second-order valence-electron chi connectivity index (χ2n) is 3.87. The molecule has 1 rings (SSSR count). The molecule has 0 aliphatic heterocycles. The molecule has 0 aromatic heterocycles. The molecule has 1 aromatic carbocycles. The molecular weight excluding hydrogens is 249 g/mol. The van der Waals surface area contributed by atoms with E-state index in [1.165, 1.54) is 0 Å². The van der Waals surface area contributed by atoms with Crippen LogP contribution in [0.5, 0.6) is 0 Å². The van der Waals surface area contributed by atoms with Crippen LogP contribution in [0.4, 0.5) is 0 Å². The summed E-state index contributed by atoms with van der Waals surface area (Å²) >= 11 is 0. The summed E-state index contributed by atoms with van der Waals surface area (Å²) in [6.45, 7) is 5.77. The fraction of sp³-hybridized carbons (Fsp3) is 0.364. The Bertz CT molecular complexity index is 277. The summed E-state index contributed by atoms with van der Waals surface area (Å²) in [5.41, 5.74) is 0.475. The first-order valence-electron chi connectivity index (χ1n) is 4.03. The Kier molecular flexibility index (Phi) is 7.33. The molecule has 0 amide bonds. The largest absolute Gasteiger partial charge is 2.00 e. The van der Waals surface area contributed by atoms with Gasteiger partial charge in [0.05, 0.1) is 0 Å². The van der Waals surface area contributed by atoms with Gasteiger partial charge in [0.15, 0.2) is 0 Å². The zero-order valence-corrected chi connectivity index (χ0v) is 12.5. The number of hydrogen-bond donors (Lipinski definition) is 0. The van der Waals surface area contributed by atoms with Crippen molar-refractivity contribution in [1.29, 1.82) is 0 Å². The monoisotopic (exact) mass is 260 g/mol. The van der Waals surface area contributed by atoms with Crippen molar-refractivity contribution in [3.63, 3.8) is 0 Å². The van der Waals surface area contributed by atoms with E-state index >= 15 is 0 Å². The molecule has 3 heteroatoms. The van der Waals surface area contributed by atoms with E-state index in [1.54, 1.807) is 24.3 Å². The van der Waals surface area contributed by atoms with Crippen LogP contribution in [0.1, 0.15) is 31.1 Å². The van der Waals surface area contributed by atoms with Crippen LogP contribution in [-0.4, -0.2) is 5.78 Å². The van der Waals surface area contributed by atoms with E-state index in [-0.39, 0.29) is 43.1 Å². The summed E-state index contributed by atoms with van der Waals surface area (Å²) in [5.74, 6) is 0.177. The van der Waals surface area contributed by atoms with Crippen LogP contribution in [0.15, 0.2) is 24.3 Å². The van der Waals surface area contributed by atoms with Crippen molar-refractivity contribution >= 4 is 5.78 Å². The van der Waals surface area contributed by atoms with Crippen molar-refractivity contribution < 1.29 is 36.7 Å².